The summed E-state index contributed by atoms with van der Waals surface area (Å²) in [5.41, 5.74) is 0.804. The number of hydrogen-bond acceptors (Lipinski definition) is 4. The maximum absolute atomic E-state index is 11.5. The number of ether oxygens (including phenoxy) is 1. The van der Waals surface area contributed by atoms with Crippen LogP contribution in [0.15, 0.2) is 24.3 Å². The Bertz CT molecular complexity index is 413. The molecular formula is C14H20N2O3. The second-order valence-electron chi connectivity index (χ2n) is 4.53. The molecule has 0 radical (unpaired) electrons. The van der Waals surface area contributed by atoms with Crippen molar-refractivity contribution in [2.75, 3.05) is 32.8 Å². The zero-order chi connectivity index (χ0) is 13.7. The first-order chi connectivity index (χ1) is 9.22. The van der Waals surface area contributed by atoms with Crippen LogP contribution in [-0.4, -0.2) is 48.8 Å². The average Bonchev–Trinajstić information content (AvgIpc) is 2.42. The molecule has 1 heterocycles. The van der Waals surface area contributed by atoms with Gasteiger partial charge in [0.2, 0.25) is 0 Å². The number of piperazine rings is 1. The molecule has 1 fully saturated rings. The maximum atomic E-state index is 11.5. The van der Waals surface area contributed by atoms with Crippen molar-refractivity contribution in [2.24, 2.45) is 0 Å². The van der Waals surface area contributed by atoms with E-state index in [0.29, 0.717) is 6.61 Å². The lowest BCUT2D eigenvalue weighted by Crippen LogP contribution is -2.47. The topological polar surface area (TPSA) is 61.8 Å². The van der Waals surface area contributed by atoms with E-state index in [4.69, 9.17) is 4.74 Å². The molecule has 0 aliphatic carbocycles. The third-order valence-electron chi connectivity index (χ3n) is 3.26. The van der Waals surface area contributed by atoms with E-state index in [1.165, 1.54) is 0 Å². The normalized spacial score (nSPS) is 17.9. The number of carboxylic acid groups (broad SMARTS) is 1. The monoisotopic (exact) mass is 264 g/mol. The molecule has 1 aliphatic heterocycles. The van der Waals surface area contributed by atoms with E-state index < -0.39 is 12.0 Å². The fourth-order valence-corrected chi connectivity index (χ4v) is 2.36. The van der Waals surface area contributed by atoms with Crippen LogP contribution in [0.5, 0.6) is 5.75 Å². The molecule has 0 spiro atoms. The average molecular weight is 264 g/mol. The van der Waals surface area contributed by atoms with Crippen LogP contribution in [0.2, 0.25) is 0 Å². The zero-order valence-corrected chi connectivity index (χ0v) is 11.1. The summed E-state index contributed by atoms with van der Waals surface area (Å²) in [4.78, 5) is 13.5. The molecule has 1 saturated heterocycles. The van der Waals surface area contributed by atoms with Gasteiger partial charge in [0.05, 0.1) is 6.61 Å². The molecule has 5 heteroatoms. The van der Waals surface area contributed by atoms with Crippen LogP contribution in [0.1, 0.15) is 18.5 Å². The molecule has 0 bridgehead atoms. The minimum absolute atomic E-state index is 0.572. The van der Waals surface area contributed by atoms with Crippen molar-refractivity contribution < 1.29 is 14.6 Å². The number of rotatable bonds is 5. The highest BCUT2D eigenvalue weighted by atomic mass is 16.5. The van der Waals surface area contributed by atoms with Gasteiger partial charge in [0.1, 0.15) is 11.8 Å². The first kappa shape index (κ1) is 13.8. The number of hydrogen-bond donors (Lipinski definition) is 2. The first-order valence-corrected chi connectivity index (χ1v) is 6.62. The summed E-state index contributed by atoms with van der Waals surface area (Å²) in [6, 6.07) is 6.77. The number of aliphatic carboxylic acids is 1. The van der Waals surface area contributed by atoms with Crippen LogP contribution in [0.25, 0.3) is 0 Å². The van der Waals surface area contributed by atoms with Gasteiger partial charge in [0.25, 0.3) is 0 Å². The van der Waals surface area contributed by atoms with Gasteiger partial charge in [-0.05, 0) is 24.6 Å². The molecule has 1 aromatic rings. The van der Waals surface area contributed by atoms with Crippen molar-refractivity contribution in [1.82, 2.24) is 10.2 Å². The molecule has 0 aromatic heterocycles. The van der Waals surface area contributed by atoms with Gasteiger partial charge in [-0.1, -0.05) is 12.1 Å². The van der Waals surface area contributed by atoms with Crippen molar-refractivity contribution in [3.05, 3.63) is 29.8 Å². The fraction of sp³-hybridized carbons (Fsp3) is 0.500. The van der Waals surface area contributed by atoms with E-state index in [1.54, 1.807) is 0 Å². The highest BCUT2D eigenvalue weighted by Gasteiger charge is 2.28. The number of carbonyl (C=O) groups is 1. The van der Waals surface area contributed by atoms with Gasteiger partial charge in [0, 0.05) is 26.2 Å². The molecule has 0 saturated carbocycles. The Labute approximate surface area is 113 Å². The van der Waals surface area contributed by atoms with Gasteiger partial charge >= 0.3 is 5.97 Å². The smallest absolute Gasteiger partial charge is 0.325 e. The molecule has 5 nitrogen and oxygen atoms in total. The molecule has 1 unspecified atom stereocenters. The lowest BCUT2D eigenvalue weighted by Gasteiger charge is -2.32. The third-order valence-corrected chi connectivity index (χ3v) is 3.26. The second kappa shape index (κ2) is 6.54. The summed E-state index contributed by atoms with van der Waals surface area (Å²) in [5.74, 6) is -0.0261. The van der Waals surface area contributed by atoms with E-state index in [9.17, 15) is 9.90 Å². The molecule has 0 amide bonds. The minimum atomic E-state index is -0.800. The van der Waals surface area contributed by atoms with Crippen LogP contribution >= 0.6 is 0 Å². The predicted octanol–water partition coefficient (Wildman–Crippen LogP) is 1.12. The van der Waals surface area contributed by atoms with Gasteiger partial charge in [-0.2, -0.15) is 0 Å². The van der Waals surface area contributed by atoms with E-state index >= 15 is 0 Å². The van der Waals surface area contributed by atoms with Gasteiger partial charge in [-0.25, -0.2) is 0 Å². The Balaban J connectivity index is 2.15. The predicted molar refractivity (Wildman–Crippen MR) is 72.4 cm³/mol. The molecular weight excluding hydrogens is 244 g/mol. The van der Waals surface area contributed by atoms with Gasteiger partial charge in [-0.3, -0.25) is 9.69 Å². The Morgan fingerprint density at radius 2 is 2.00 bits per heavy atom. The summed E-state index contributed by atoms with van der Waals surface area (Å²) in [5, 5.41) is 12.7. The van der Waals surface area contributed by atoms with E-state index in [-0.39, 0.29) is 0 Å². The minimum Gasteiger partial charge on any atom is -0.494 e. The number of nitrogens with one attached hydrogen (secondary N) is 1. The summed E-state index contributed by atoms with van der Waals surface area (Å²) in [6.45, 7) is 5.71. The van der Waals surface area contributed by atoms with Gasteiger partial charge in [0.15, 0.2) is 0 Å². The van der Waals surface area contributed by atoms with E-state index in [2.05, 4.69) is 5.32 Å². The summed E-state index contributed by atoms with van der Waals surface area (Å²) >= 11 is 0. The maximum Gasteiger partial charge on any atom is 0.325 e. The van der Waals surface area contributed by atoms with Crippen molar-refractivity contribution in [2.45, 2.75) is 13.0 Å². The molecule has 19 heavy (non-hydrogen) atoms. The van der Waals surface area contributed by atoms with Gasteiger partial charge < -0.3 is 15.2 Å². The summed E-state index contributed by atoms with van der Waals surface area (Å²) in [7, 11) is 0. The Morgan fingerprint density at radius 1 is 1.37 bits per heavy atom. The van der Waals surface area contributed by atoms with Crippen LogP contribution in [0.4, 0.5) is 0 Å². The SMILES string of the molecule is CCOc1ccc(C(C(=O)O)N2CCNCC2)cc1. The van der Waals surface area contributed by atoms with Crippen LogP contribution < -0.4 is 10.1 Å². The summed E-state index contributed by atoms with van der Waals surface area (Å²) in [6.07, 6.45) is 0. The Morgan fingerprint density at radius 3 is 2.53 bits per heavy atom. The van der Waals surface area contributed by atoms with Crippen molar-refractivity contribution >= 4 is 5.97 Å². The van der Waals surface area contributed by atoms with Crippen molar-refractivity contribution in [3.8, 4) is 5.75 Å². The summed E-state index contributed by atoms with van der Waals surface area (Å²) < 4.78 is 5.38. The van der Waals surface area contributed by atoms with Crippen molar-refractivity contribution in [3.63, 3.8) is 0 Å². The Hall–Kier alpha value is -1.59. The highest BCUT2D eigenvalue weighted by molar-refractivity contribution is 5.75. The standard InChI is InChI=1S/C14H20N2O3/c1-2-19-12-5-3-11(4-6-12)13(14(17)18)16-9-7-15-8-10-16/h3-6,13,15H,2,7-10H2,1H3,(H,17,18). The lowest BCUT2D eigenvalue weighted by molar-refractivity contribution is -0.143. The molecule has 1 aromatic carbocycles. The van der Waals surface area contributed by atoms with E-state index in [1.807, 2.05) is 36.1 Å². The van der Waals surface area contributed by atoms with E-state index in [0.717, 1.165) is 37.5 Å². The van der Waals surface area contributed by atoms with Crippen LogP contribution in [0.3, 0.4) is 0 Å². The van der Waals surface area contributed by atoms with Crippen molar-refractivity contribution in [1.29, 1.82) is 0 Å². The largest absolute Gasteiger partial charge is 0.494 e. The molecule has 2 rings (SSSR count). The third kappa shape index (κ3) is 3.45. The highest BCUT2D eigenvalue weighted by Crippen LogP contribution is 2.23. The Kier molecular flexibility index (Phi) is 4.76. The number of nitrogens with zero attached hydrogens (tertiary/aromatic N) is 1. The number of benzene rings is 1. The molecule has 1 aliphatic rings. The van der Waals surface area contributed by atoms with Crippen LogP contribution in [-0.2, 0) is 4.79 Å². The molecule has 2 N–H and O–H groups in total. The molecule has 104 valence electrons. The fourth-order valence-electron chi connectivity index (χ4n) is 2.36. The zero-order valence-electron chi connectivity index (χ0n) is 11.1. The lowest BCUT2D eigenvalue weighted by atomic mass is 10.0. The first-order valence-electron chi connectivity index (χ1n) is 6.62. The second-order valence-corrected chi connectivity index (χ2v) is 4.53. The van der Waals surface area contributed by atoms with Crippen LogP contribution in [0, 0.1) is 0 Å². The number of carboxylic acids is 1. The molecule has 1 atom stereocenters. The van der Waals surface area contributed by atoms with Gasteiger partial charge in [-0.15, -0.1) is 0 Å². The quantitative estimate of drug-likeness (QED) is 0.834.